The lowest BCUT2D eigenvalue weighted by molar-refractivity contribution is 0.0953. The first kappa shape index (κ1) is 11.1. The van der Waals surface area contributed by atoms with Crippen molar-refractivity contribution in [2.45, 2.75) is 12.8 Å². The Morgan fingerprint density at radius 3 is 3.00 bits per heavy atom. The van der Waals surface area contributed by atoms with Gasteiger partial charge in [-0.2, -0.15) is 0 Å². The first-order valence-electron chi connectivity index (χ1n) is 4.81. The van der Waals surface area contributed by atoms with Crippen molar-refractivity contribution < 1.29 is 4.79 Å². The fourth-order valence-corrected chi connectivity index (χ4v) is 1.17. The minimum Gasteiger partial charge on any atom is -0.399 e. The summed E-state index contributed by atoms with van der Waals surface area (Å²) in [5.74, 6) is 2.41. The van der Waals surface area contributed by atoms with Crippen LogP contribution in [0.2, 0.25) is 0 Å². The first-order chi connectivity index (χ1) is 7.24. The van der Waals surface area contributed by atoms with Gasteiger partial charge >= 0.3 is 0 Å². The quantitative estimate of drug-likeness (QED) is 0.440. The average Bonchev–Trinajstić information content (AvgIpc) is 2.24. The van der Waals surface area contributed by atoms with Gasteiger partial charge in [0.1, 0.15) is 0 Å². The van der Waals surface area contributed by atoms with Crippen molar-refractivity contribution in [1.29, 1.82) is 0 Å². The fourth-order valence-electron chi connectivity index (χ4n) is 1.17. The van der Waals surface area contributed by atoms with Crippen LogP contribution in [0, 0.1) is 12.3 Å². The molecule has 3 N–H and O–H groups in total. The van der Waals surface area contributed by atoms with E-state index in [0.29, 0.717) is 24.2 Å². The van der Waals surface area contributed by atoms with Gasteiger partial charge in [0.2, 0.25) is 0 Å². The molecular formula is C12H14N2O. The van der Waals surface area contributed by atoms with Gasteiger partial charge in [0.05, 0.1) is 0 Å². The Hall–Kier alpha value is -1.95. The molecule has 0 atom stereocenters. The van der Waals surface area contributed by atoms with Gasteiger partial charge in [0.15, 0.2) is 0 Å². The monoisotopic (exact) mass is 202 g/mol. The van der Waals surface area contributed by atoms with Gasteiger partial charge in [0.25, 0.3) is 5.91 Å². The standard InChI is InChI=1S/C12H14N2O/c1-2-3-4-8-14-12(15)10-6-5-7-11(13)9-10/h1,5-7,9H,3-4,8,13H2,(H,14,15). The van der Waals surface area contributed by atoms with Gasteiger partial charge in [0, 0.05) is 24.2 Å². The Morgan fingerprint density at radius 2 is 2.33 bits per heavy atom. The molecular weight excluding hydrogens is 188 g/mol. The van der Waals surface area contributed by atoms with E-state index in [4.69, 9.17) is 12.2 Å². The molecule has 15 heavy (non-hydrogen) atoms. The smallest absolute Gasteiger partial charge is 0.251 e. The van der Waals surface area contributed by atoms with Crippen LogP contribution in [-0.4, -0.2) is 12.5 Å². The number of terminal acetylenes is 1. The molecule has 3 heteroatoms. The van der Waals surface area contributed by atoms with Crippen LogP contribution in [0.25, 0.3) is 0 Å². The summed E-state index contributed by atoms with van der Waals surface area (Å²) in [6, 6.07) is 6.88. The largest absolute Gasteiger partial charge is 0.399 e. The molecule has 0 spiro atoms. The number of hydrogen-bond donors (Lipinski definition) is 2. The van der Waals surface area contributed by atoms with Gasteiger partial charge < -0.3 is 11.1 Å². The number of carbonyl (C=O) groups excluding carboxylic acids is 1. The fraction of sp³-hybridized carbons (Fsp3) is 0.250. The number of unbranched alkanes of at least 4 members (excludes halogenated alkanes) is 1. The summed E-state index contributed by atoms with van der Waals surface area (Å²) in [4.78, 5) is 11.5. The van der Waals surface area contributed by atoms with Crippen molar-refractivity contribution in [3.05, 3.63) is 29.8 Å². The van der Waals surface area contributed by atoms with Crippen molar-refractivity contribution in [1.82, 2.24) is 5.32 Å². The zero-order valence-electron chi connectivity index (χ0n) is 8.49. The van der Waals surface area contributed by atoms with Crippen molar-refractivity contribution in [3.63, 3.8) is 0 Å². The van der Waals surface area contributed by atoms with Crippen LogP contribution in [0.4, 0.5) is 5.69 Å². The van der Waals surface area contributed by atoms with E-state index < -0.39 is 0 Å². The second kappa shape index (κ2) is 5.71. The Morgan fingerprint density at radius 1 is 1.53 bits per heavy atom. The summed E-state index contributed by atoms with van der Waals surface area (Å²) in [5.41, 5.74) is 6.73. The van der Waals surface area contributed by atoms with Crippen molar-refractivity contribution in [3.8, 4) is 12.3 Å². The molecule has 1 aromatic rings. The maximum atomic E-state index is 11.5. The minimum atomic E-state index is -0.112. The Balaban J connectivity index is 2.44. The molecule has 0 aromatic heterocycles. The highest BCUT2D eigenvalue weighted by atomic mass is 16.1. The Kier molecular flexibility index (Phi) is 4.24. The Labute approximate surface area is 89.7 Å². The van der Waals surface area contributed by atoms with Gasteiger partial charge in [-0.05, 0) is 24.6 Å². The zero-order valence-corrected chi connectivity index (χ0v) is 8.49. The van der Waals surface area contributed by atoms with E-state index in [-0.39, 0.29) is 5.91 Å². The first-order valence-corrected chi connectivity index (χ1v) is 4.81. The second-order valence-electron chi connectivity index (χ2n) is 3.19. The number of anilines is 1. The highest BCUT2D eigenvalue weighted by Gasteiger charge is 2.03. The van der Waals surface area contributed by atoms with Crippen LogP contribution in [0.3, 0.4) is 0 Å². The molecule has 0 saturated heterocycles. The molecule has 1 rings (SSSR count). The third-order valence-corrected chi connectivity index (χ3v) is 1.93. The number of carbonyl (C=O) groups is 1. The maximum absolute atomic E-state index is 11.5. The predicted molar refractivity (Wildman–Crippen MR) is 61.3 cm³/mol. The molecule has 0 aliphatic heterocycles. The molecule has 0 aliphatic rings. The number of nitrogen functional groups attached to an aromatic ring is 1. The molecule has 1 amide bonds. The highest BCUT2D eigenvalue weighted by Crippen LogP contribution is 2.05. The predicted octanol–water partition coefficient (Wildman–Crippen LogP) is 1.41. The van der Waals surface area contributed by atoms with Crippen LogP contribution in [-0.2, 0) is 0 Å². The van der Waals surface area contributed by atoms with E-state index >= 15 is 0 Å². The maximum Gasteiger partial charge on any atom is 0.251 e. The zero-order chi connectivity index (χ0) is 11.1. The van der Waals surface area contributed by atoms with E-state index in [1.807, 2.05) is 0 Å². The molecule has 78 valence electrons. The van der Waals surface area contributed by atoms with E-state index in [2.05, 4.69) is 11.2 Å². The second-order valence-corrected chi connectivity index (χ2v) is 3.19. The molecule has 1 aromatic carbocycles. The average molecular weight is 202 g/mol. The van der Waals surface area contributed by atoms with Crippen molar-refractivity contribution in [2.75, 3.05) is 12.3 Å². The number of hydrogen-bond acceptors (Lipinski definition) is 2. The summed E-state index contributed by atoms with van der Waals surface area (Å²) >= 11 is 0. The lowest BCUT2D eigenvalue weighted by atomic mass is 10.2. The van der Waals surface area contributed by atoms with Gasteiger partial charge in [-0.1, -0.05) is 6.07 Å². The number of nitrogens with two attached hydrogens (primary N) is 1. The Bertz CT molecular complexity index is 379. The van der Waals surface area contributed by atoms with E-state index in [1.165, 1.54) is 0 Å². The van der Waals surface area contributed by atoms with Gasteiger partial charge in [-0.25, -0.2) is 0 Å². The van der Waals surface area contributed by atoms with Crippen LogP contribution in [0.5, 0.6) is 0 Å². The summed E-state index contributed by atoms with van der Waals surface area (Å²) in [6.45, 7) is 0.595. The van der Waals surface area contributed by atoms with Crippen LogP contribution >= 0.6 is 0 Å². The lowest BCUT2D eigenvalue weighted by Gasteiger charge is -2.04. The third-order valence-electron chi connectivity index (χ3n) is 1.93. The summed E-state index contributed by atoms with van der Waals surface area (Å²) in [5, 5.41) is 2.77. The summed E-state index contributed by atoms with van der Waals surface area (Å²) in [6.07, 6.45) is 6.57. The van der Waals surface area contributed by atoms with Gasteiger partial charge in [-0.15, -0.1) is 12.3 Å². The molecule has 0 radical (unpaired) electrons. The summed E-state index contributed by atoms with van der Waals surface area (Å²) < 4.78 is 0. The molecule has 0 bridgehead atoms. The number of nitrogens with one attached hydrogen (secondary N) is 1. The molecule has 0 fully saturated rings. The van der Waals surface area contributed by atoms with Crippen LogP contribution < -0.4 is 11.1 Å². The highest BCUT2D eigenvalue weighted by molar-refractivity contribution is 5.94. The number of benzene rings is 1. The molecule has 0 saturated carbocycles. The van der Waals surface area contributed by atoms with Crippen molar-refractivity contribution in [2.24, 2.45) is 0 Å². The molecule has 0 aliphatic carbocycles. The van der Waals surface area contributed by atoms with E-state index in [0.717, 1.165) is 6.42 Å². The molecule has 0 unspecified atom stereocenters. The lowest BCUT2D eigenvalue weighted by Crippen LogP contribution is -2.24. The summed E-state index contributed by atoms with van der Waals surface area (Å²) in [7, 11) is 0. The topological polar surface area (TPSA) is 55.1 Å². The van der Waals surface area contributed by atoms with Crippen LogP contribution in [0.1, 0.15) is 23.2 Å². The number of amides is 1. The minimum absolute atomic E-state index is 0.112. The molecule has 3 nitrogen and oxygen atoms in total. The van der Waals surface area contributed by atoms with Crippen LogP contribution in [0.15, 0.2) is 24.3 Å². The third kappa shape index (κ3) is 3.74. The van der Waals surface area contributed by atoms with E-state index in [9.17, 15) is 4.79 Å². The molecule has 0 heterocycles. The normalized spacial score (nSPS) is 9.27. The van der Waals surface area contributed by atoms with Gasteiger partial charge in [-0.3, -0.25) is 4.79 Å². The number of rotatable bonds is 4. The SMILES string of the molecule is C#CCCCNC(=O)c1cccc(N)c1. The van der Waals surface area contributed by atoms with E-state index in [1.54, 1.807) is 24.3 Å². The van der Waals surface area contributed by atoms with Crippen molar-refractivity contribution >= 4 is 11.6 Å².